The molecule has 4 rings (SSSR count). The number of piperidine rings is 1. The first kappa shape index (κ1) is 24.0. The fourth-order valence-electron chi connectivity index (χ4n) is 4.55. The Morgan fingerprint density at radius 3 is 2.18 bits per heavy atom. The van der Waals surface area contributed by atoms with E-state index in [-0.39, 0.29) is 23.5 Å². The fraction of sp³-hybridized carbons (Fsp3) is 0.667. The Balaban J connectivity index is 1.33. The molecule has 186 valence electrons. The van der Waals surface area contributed by atoms with E-state index in [9.17, 15) is 22.8 Å². The molecule has 0 saturated carbocycles. The second-order valence-corrected chi connectivity index (χ2v) is 8.51. The summed E-state index contributed by atoms with van der Waals surface area (Å²) in [6, 6.07) is 3.09. The average Bonchev–Trinajstić information content (AvgIpc) is 3.28. The van der Waals surface area contributed by atoms with Gasteiger partial charge in [-0.2, -0.15) is 17.7 Å². The first-order valence-electron chi connectivity index (χ1n) is 11.6. The van der Waals surface area contributed by atoms with Crippen molar-refractivity contribution in [2.45, 2.75) is 32.9 Å². The van der Waals surface area contributed by atoms with Crippen molar-refractivity contribution in [2.75, 3.05) is 57.3 Å². The Bertz CT molecular complexity index is 1020. The molecule has 0 aromatic carbocycles. The normalized spacial score (nSPS) is 18.0. The van der Waals surface area contributed by atoms with Crippen molar-refractivity contribution in [3.05, 3.63) is 18.0 Å². The molecule has 0 N–H and O–H groups in total. The number of hydrogen-bond acceptors (Lipinski definition) is 6. The van der Waals surface area contributed by atoms with Gasteiger partial charge in [0.2, 0.25) is 5.91 Å². The molecule has 2 aliphatic rings. The summed E-state index contributed by atoms with van der Waals surface area (Å²) >= 11 is 0. The van der Waals surface area contributed by atoms with Gasteiger partial charge in [-0.3, -0.25) is 4.79 Å². The number of hydrogen-bond donors (Lipinski definition) is 0. The number of amides is 3. The molecule has 0 unspecified atom stereocenters. The van der Waals surface area contributed by atoms with Crippen molar-refractivity contribution in [2.24, 2.45) is 5.92 Å². The lowest BCUT2D eigenvalue weighted by Crippen LogP contribution is -2.55. The number of anilines is 1. The Hall–Kier alpha value is -3.12. The molecular formula is C21H29F3N8O2. The van der Waals surface area contributed by atoms with Gasteiger partial charge in [-0.25, -0.2) is 4.79 Å². The Kier molecular flexibility index (Phi) is 6.80. The molecule has 0 bridgehead atoms. The maximum Gasteiger partial charge on any atom is 0.453 e. The van der Waals surface area contributed by atoms with Crippen molar-refractivity contribution in [3.63, 3.8) is 0 Å². The van der Waals surface area contributed by atoms with E-state index in [0.29, 0.717) is 75.5 Å². The van der Waals surface area contributed by atoms with E-state index >= 15 is 0 Å². The number of aromatic nitrogens is 4. The molecular weight excluding hydrogens is 453 g/mol. The van der Waals surface area contributed by atoms with Gasteiger partial charge in [-0.1, -0.05) is 0 Å². The number of fused-ring (bicyclic) bond motifs is 1. The summed E-state index contributed by atoms with van der Waals surface area (Å²) in [6.07, 6.45) is -3.47. The fourth-order valence-corrected chi connectivity index (χ4v) is 4.55. The van der Waals surface area contributed by atoms with Crippen molar-refractivity contribution in [1.82, 2.24) is 34.5 Å². The summed E-state index contributed by atoms with van der Waals surface area (Å²) in [4.78, 5) is 32.8. The predicted molar refractivity (Wildman–Crippen MR) is 117 cm³/mol. The molecule has 0 spiro atoms. The molecule has 2 aliphatic heterocycles. The third-order valence-corrected chi connectivity index (χ3v) is 6.57. The molecule has 4 heterocycles. The zero-order valence-electron chi connectivity index (χ0n) is 19.3. The standard InChI is InChI=1S/C21H29F3N8O2/c1-3-28(4-2)20(34)31-13-11-30(12-14-31)18(33)15-7-9-29(10-8-15)17-6-5-16-25-26-19(21(22,23)24)32(16)27-17/h5-6,15H,3-4,7-14H2,1-2H3. The van der Waals surface area contributed by atoms with Gasteiger partial charge in [0, 0.05) is 58.3 Å². The minimum atomic E-state index is -4.65. The minimum Gasteiger partial charge on any atom is -0.355 e. The Morgan fingerprint density at radius 2 is 1.59 bits per heavy atom. The van der Waals surface area contributed by atoms with E-state index in [1.165, 1.54) is 6.07 Å². The van der Waals surface area contributed by atoms with E-state index in [2.05, 4.69) is 15.3 Å². The van der Waals surface area contributed by atoms with Crippen LogP contribution in [0.2, 0.25) is 0 Å². The van der Waals surface area contributed by atoms with Gasteiger partial charge < -0.3 is 19.6 Å². The van der Waals surface area contributed by atoms with Gasteiger partial charge in [0.25, 0.3) is 5.82 Å². The summed E-state index contributed by atoms with van der Waals surface area (Å²) in [5.74, 6) is -0.831. The van der Waals surface area contributed by atoms with Gasteiger partial charge in [-0.05, 0) is 38.8 Å². The van der Waals surface area contributed by atoms with E-state index < -0.39 is 12.0 Å². The van der Waals surface area contributed by atoms with Crippen LogP contribution in [0.25, 0.3) is 5.65 Å². The molecule has 0 radical (unpaired) electrons. The lowest BCUT2D eigenvalue weighted by Gasteiger charge is -2.39. The highest BCUT2D eigenvalue weighted by molar-refractivity contribution is 5.80. The molecule has 3 amide bonds. The van der Waals surface area contributed by atoms with Crippen LogP contribution < -0.4 is 4.90 Å². The third kappa shape index (κ3) is 4.73. The lowest BCUT2D eigenvalue weighted by atomic mass is 9.95. The van der Waals surface area contributed by atoms with Crippen LogP contribution in [0.1, 0.15) is 32.5 Å². The van der Waals surface area contributed by atoms with Gasteiger partial charge in [0.1, 0.15) is 5.82 Å². The molecule has 0 atom stereocenters. The van der Waals surface area contributed by atoms with Gasteiger partial charge in [0.15, 0.2) is 5.65 Å². The molecule has 34 heavy (non-hydrogen) atoms. The molecule has 0 aliphatic carbocycles. The molecule has 10 nitrogen and oxygen atoms in total. The maximum absolute atomic E-state index is 13.1. The Morgan fingerprint density at radius 1 is 0.971 bits per heavy atom. The maximum atomic E-state index is 13.1. The smallest absolute Gasteiger partial charge is 0.355 e. The van der Waals surface area contributed by atoms with Crippen LogP contribution in [0.4, 0.5) is 23.8 Å². The van der Waals surface area contributed by atoms with Crippen molar-refractivity contribution in [3.8, 4) is 0 Å². The van der Waals surface area contributed by atoms with Gasteiger partial charge in [0.05, 0.1) is 0 Å². The second-order valence-electron chi connectivity index (χ2n) is 8.51. The average molecular weight is 483 g/mol. The number of halogens is 3. The molecule has 13 heteroatoms. The van der Waals surface area contributed by atoms with Crippen LogP contribution in [-0.2, 0) is 11.0 Å². The van der Waals surface area contributed by atoms with E-state index in [1.54, 1.807) is 15.9 Å². The summed E-state index contributed by atoms with van der Waals surface area (Å²) in [7, 11) is 0. The molecule has 2 fully saturated rings. The molecule has 2 saturated heterocycles. The summed E-state index contributed by atoms with van der Waals surface area (Å²) in [5, 5.41) is 10.8. The van der Waals surface area contributed by atoms with Crippen LogP contribution in [0, 0.1) is 5.92 Å². The number of alkyl halides is 3. The number of rotatable bonds is 4. The van der Waals surface area contributed by atoms with Crippen LogP contribution in [0.5, 0.6) is 0 Å². The number of carbonyl (C=O) groups excluding carboxylic acids is 2. The zero-order chi connectivity index (χ0) is 24.5. The van der Waals surface area contributed by atoms with Crippen LogP contribution in [0.3, 0.4) is 0 Å². The summed E-state index contributed by atoms with van der Waals surface area (Å²) < 4.78 is 40.1. The van der Waals surface area contributed by atoms with Crippen LogP contribution in [0.15, 0.2) is 12.1 Å². The summed E-state index contributed by atoms with van der Waals surface area (Å²) in [6.45, 7) is 8.29. The number of urea groups is 1. The zero-order valence-corrected chi connectivity index (χ0v) is 19.3. The number of carbonyl (C=O) groups is 2. The predicted octanol–water partition coefficient (Wildman–Crippen LogP) is 1.97. The van der Waals surface area contributed by atoms with Crippen molar-refractivity contribution >= 4 is 23.4 Å². The van der Waals surface area contributed by atoms with Crippen molar-refractivity contribution < 1.29 is 22.8 Å². The van der Waals surface area contributed by atoms with Crippen LogP contribution >= 0.6 is 0 Å². The van der Waals surface area contributed by atoms with E-state index in [4.69, 9.17) is 0 Å². The number of nitrogens with zero attached hydrogens (tertiary/aromatic N) is 8. The topological polar surface area (TPSA) is 90.2 Å². The largest absolute Gasteiger partial charge is 0.453 e. The summed E-state index contributed by atoms with van der Waals surface area (Å²) in [5.41, 5.74) is 0.0276. The van der Waals surface area contributed by atoms with E-state index in [1.807, 2.05) is 23.6 Å². The third-order valence-electron chi connectivity index (χ3n) is 6.57. The van der Waals surface area contributed by atoms with Crippen molar-refractivity contribution in [1.29, 1.82) is 0 Å². The Labute approximate surface area is 195 Å². The highest BCUT2D eigenvalue weighted by Crippen LogP contribution is 2.29. The quantitative estimate of drug-likeness (QED) is 0.662. The highest BCUT2D eigenvalue weighted by atomic mass is 19.4. The SMILES string of the molecule is CCN(CC)C(=O)N1CCN(C(=O)C2CCN(c3ccc4nnc(C(F)(F)F)n4n3)CC2)CC1. The van der Waals surface area contributed by atoms with Gasteiger partial charge in [-0.15, -0.1) is 15.3 Å². The van der Waals surface area contributed by atoms with Gasteiger partial charge >= 0.3 is 12.2 Å². The molecule has 2 aromatic rings. The lowest BCUT2D eigenvalue weighted by molar-refractivity contribution is -0.146. The van der Waals surface area contributed by atoms with Crippen LogP contribution in [-0.4, -0.2) is 98.8 Å². The monoisotopic (exact) mass is 482 g/mol. The first-order chi connectivity index (χ1) is 16.2. The first-order valence-corrected chi connectivity index (χ1v) is 11.6. The number of piperazine rings is 1. The molecule has 2 aromatic heterocycles. The minimum absolute atomic E-state index is 0.0108. The second kappa shape index (κ2) is 9.63. The van der Waals surface area contributed by atoms with E-state index in [0.717, 1.165) is 0 Å². The highest BCUT2D eigenvalue weighted by Gasteiger charge is 2.38.